The fourth-order valence-electron chi connectivity index (χ4n) is 1.24. The summed E-state index contributed by atoms with van der Waals surface area (Å²) in [5, 5.41) is 0. The predicted octanol–water partition coefficient (Wildman–Crippen LogP) is 1.17. The molecular formula is C12H12FNO4. The molecule has 1 unspecified atom stereocenters. The molecule has 0 aliphatic carbocycles. The third kappa shape index (κ3) is 3.19. The van der Waals surface area contributed by atoms with Gasteiger partial charge >= 0.3 is 5.97 Å². The Morgan fingerprint density at radius 3 is 2.56 bits per heavy atom. The van der Waals surface area contributed by atoms with Crippen LogP contribution in [0.15, 0.2) is 18.3 Å². The molecule has 0 saturated heterocycles. The Bertz CT molecular complexity index is 469. The molecule has 0 N–H and O–H groups in total. The van der Waals surface area contributed by atoms with Gasteiger partial charge in [-0.25, -0.2) is 9.18 Å². The molecule has 0 aliphatic heterocycles. The number of carbonyl (C=O) groups is 3. The molecule has 6 heteroatoms. The normalized spacial score (nSPS) is 11.7. The van der Waals surface area contributed by atoms with E-state index >= 15 is 0 Å². The highest BCUT2D eigenvalue weighted by Crippen LogP contribution is 2.09. The third-order valence-corrected chi connectivity index (χ3v) is 2.24. The molecule has 1 heterocycles. The maximum atomic E-state index is 12.6. The fraction of sp³-hybridized carbons (Fsp3) is 0.333. The van der Waals surface area contributed by atoms with Crippen molar-refractivity contribution in [3.63, 3.8) is 0 Å². The Balaban J connectivity index is 2.81. The lowest BCUT2D eigenvalue weighted by molar-refractivity contribution is -0.154. The van der Waals surface area contributed by atoms with Crippen LogP contribution in [0.25, 0.3) is 0 Å². The van der Waals surface area contributed by atoms with Gasteiger partial charge in [0.2, 0.25) is 0 Å². The van der Waals surface area contributed by atoms with E-state index in [1.165, 1.54) is 6.92 Å². The van der Waals surface area contributed by atoms with Gasteiger partial charge < -0.3 is 4.74 Å². The van der Waals surface area contributed by atoms with Crippen molar-refractivity contribution in [3.8, 4) is 0 Å². The van der Waals surface area contributed by atoms with Gasteiger partial charge in [-0.3, -0.25) is 14.6 Å². The summed E-state index contributed by atoms with van der Waals surface area (Å²) in [6.07, 6.45) is 0.870. The van der Waals surface area contributed by atoms with E-state index in [0.29, 0.717) is 0 Å². The number of esters is 1. The number of halogens is 1. The average Bonchev–Trinajstić information content (AvgIpc) is 2.37. The van der Waals surface area contributed by atoms with Crippen molar-refractivity contribution >= 4 is 17.5 Å². The minimum Gasteiger partial charge on any atom is -0.460 e. The minimum absolute atomic E-state index is 0.0558. The second kappa shape index (κ2) is 6.00. The molecule has 0 aromatic carbocycles. The first-order valence-corrected chi connectivity index (χ1v) is 5.34. The first-order chi connectivity index (χ1) is 8.47. The van der Waals surface area contributed by atoms with Crippen LogP contribution in [0, 0.1) is 11.7 Å². The van der Waals surface area contributed by atoms with Gasteiger partial charge in [-0.1, -0.05) is 0 Å². The van der Waals surface area contributed by atoms with Gasteiger partial charge in [0, 0.05) is 0 Å². The van der Waals surface area contributed by atoms with Gasteiger partial charge in [-0.2, -0.15) is 0 Å². The number of hydrogen-bond acceptors (Lipinski definition) is 5. The molecule has 1 rings (SSSR count). The number of rotatable bonds is 5. The fourth-order valence-corrected chi connectivity index (χ4v) is 1.24. The van der Waals surface area contributed by atoms with E-state index in [9.17, 15) is 18.8 Å². The highest BCUT2D eigenvalue weighted by Gasteiger charge is 2.29. The van der Waals surface area contributed by atoms with Gasteiger partial charge in [-0.15, -0.1) is 0 Å². The lowest BCUT2D eigenvalue weighted by atomic mass is 9.98. The number of ether oxygens (including phenoxy) is 1. The minimum atomic E-state index is -1.19. The Labute approximate surface area is 103 Å². The number of aromatic nitrogens is 1. The highest BCUT2D eigenvalue weighted by molar-refractivity contribution is 6.39. The zero-order valence-corrected chi connectivity index (χ0v) is 9.97. The summed E-state index contributed by atoms with van der Waals surface area (Å²) in [5.74, 6) is -4.42. The standard InChI is InChI=1S/C12H12FNO4/c1-3-18-12(17)11(16)7(2)10(15)9-5-4-8(13)6-14-9/h4-7H,3H2,1-2H3. The van der Waals surface area contributed by atoms with Gasteiger partial charge in [0.1, 0.15) is 11.5 Å². The third-order valence-electron chi connectivity index (χ3n) is 2.24. The van der Waals surface area contributed by atoms with Crippen LogP contribution < -0.4 is 0 Å². The predicted molar refractivity (Wildman–Crippen MR) is 59.3 cm³/mol. The van der Waals surface area contributed by atoms with Crippen LogP contribution in [0.1, 0.15) is 24.3 Å². The van der Waals surface area contributed by atoms with Crippen molar-refractivity contribution in [2.24, 2.45) is 5.92 Å². The van der Waals surface area contributed by atoms with Crippen LogP contribution in [0.3, 0.4) is 0 Å². The van der Waals surface area contributed by atoms with Crippen molar-refractivity contribution in [2.45, 2.75) is 13.8 Å². The van der Waals surface area contributed by atoms with Gasteiger partial charge in [0.15, 0.2) is 5.78 Å². The van der Waals surface area contributed by atoms with Crippen LogP contribution in [0.2, 0.25) is 0 Å². The monoisotopic (exact) mass is 253 g/mol. The summed E-state index contributed by atoms with van der Waals surface area (Å²) in [5.41, 5.74) is -0.0680. The second-order valence-electron chi connectivity index (χ2n) is 3.53. The molecule has 96 valence electrons. The molecule has 0 bridgehead atoms. The van der Waals surface area contributed by atoms with Crippen LogP contribution in [0.5, 0.6) is 0 Å². The number of Topliss-reactive ketones (excluding diaryl/α,β-unsaturated/α-hetero) is 2. The number of carbonyl (C=O) groups excluding carboxylic acids is 3. The molecule has 18 heavy (non-hydrogen) atoms. The van der Waals surface area contributed by atoms with E-state index in [2.05, 4.69) is 9.72 Å². The molecule has 5 nitrogen and oxygen atoms in total. The van der Waals surface area contributed by atoms with Crippen LogP contribution in [-0.4, -0.2) is 29.1 Å². The van der Waals surface area contributed by atoms with Gasteiger partial charge in [0.05, 0.1) is 18.7 Å². The SMILES string of the molecule is CCOC(=O)C(=O)C(C)C(=O)c1ccc(F)cn1. The summed E-state index contributed by atoms with van der Waals surface area (Å²) in [6, 6.07) is 2.22. The van der Waals surface area contributed by atoms with Crippen molar-refractivity contribution in [2.75, 3.05) is 6.61 Å². The molecule has 0 saturated carbocycles. The number of hydrogen-bond donors (Lipinski definition) is 0. The molecule has 1 atom stereocenters. The molecular weight excluding hydrogens is 241 g/mol. The van der Waals surface area contributed by atoms with Crippen LogP contribution >= 0.6 is 0 Å². The summed E-state index contributed by atoms with van der Waals surface area (Å²) in [4.78, 5) is 38.0. The van der Waals surface area contributed by atoms with E-state index in [0.717, 1.165) is 18.3 Å². The van der Waals surface area contributed by atoms with E-state index in [1.54, 1.807) is 6.92 Å². The topological polar surface area (TPSA) is 73.3 Å². The van der Waals surface area contributed by atoms with Gasteiger partial charge in [0.25, 0.3) is 5.78 Å². The van der Waals surface area contributed by atoms with Crippen molar-refractivity contribution in [1.82, 2.24) is 4.98 Å². The first kappa shape index (κ1) is 14.0. The first-order valence-electron chi connectivity index (χ1n) is 5.34. The van der Waals surface area contributed by atoms with Gasteiger partial charge in [-0.05, 0) is 26.0 Å². The number of pyridine rings is 1. The summed E-state index contributed by atoms with van der Waals surface area (Å²) in [7, 11) is 0. The van der Waals surface area contributed by atoms with Crippen LogP contribution in [-0.2, 0) is 14.3 Å². The van der Waals surface area contributed by atoms with E-state index in [-0.39, 0.29) is 12.3 Å². The van der Waals surface area contributed by atoms with Crippen molar-refractivity contribution in [1.29, 1.82) is 0 Å². The van der Waals surface area contributed by atoms with Crippen molar-refractivity contribution in [3.05, 3.63) is 29.8 Å². The number of ketones is 2. The lowest BCUT2D eigenvalue weighted by Crippen LogP contribution is -2.30. The lowest BCUT2D eigenvalue weighted by Gasteiger charge is -2.07. The molecule has 0 fully saturated rings. The largest absolute Gasteiger partial charge is 0.460 e. The highest BCUT2D eigenvalue weighted by atomic mass is 19.1. The zero-order valence-electron chi connectivity index (χ0n) is 9.97. The second-order valence-corrected chi connectivity index (χ2v) is 3.53. The summed E-state index contributed by atoms with van der Waals surface area (Å²) < 4.78 is 17.1. The molecule has 0 radical (unpaired) electrons. The van der Waals surface area contributed by atoms with Crippen molar-refractivity contribution < 1.29 is 23.5 Å². The Morgan fingerprint density at radius 2 is 2.06 bits per heavy atom. The Kier molecular flexibility index (Phi) is 4.65. The Morgan fingerprint density at radius 1 is 1.39 bits per heavy atom. The zero-order chi connectivity index (χ0) is 13.7. The maximum absolute atomic E-state index is 12.6. The molecule has 0 amide bonds. The maximum Gasteiger partial charge on any atom is 0.375 e. The molecule has 1 aromatic heterocycles. The van der Waals surface area contributed by atoms with E-state index < -0.39 is 29.3 Å². The smallest absolute Gasteiger partial charge is 0.375 e. The Hall–Kier alpha value is -2.11. The quantitative estimate of drug-likeness (QED) is 0.341. The molecule has 0 spiro atoms. The number of nitrogens with zero attached hydrogens (tertiary/aromatic N) is 1. The molecule has 1 aromatic rings. The summed E-state index contributed by atoms with van der Waals surface area (Å²) in [6.45, 7) is 2.89. The van der Waals surface area contributed by atoms with E-state index in [4.69, 9.17) is 0 Å². The summed E-state index contributed by atoms with van der Waals surface area (Å²) >= 11 is 0. The van der Waals surface area contributed by atoms with Crippen LogP contribution in [0.4, 0.5) is 4.39 Å². The average molecular weight is 253 g/mol. The van der Waals surface area contributed by atoms with E-state index in [1.807, 2.05) is 0 Å². The molecule has 0 aliphatic rings.